The summed E-state index contributed by atoms with van der Waals surface area (Å²) in [6, 6.07) is 7.50. The molecule has 0 bridgehead atoms. The van der Waals surface area contributed by atoms with Crippen molar-refractivity contribution in [1.29, 1.82) is 0 Å². The zero-order valence-electron chi connectivity index (χ0n) is 16.7. The highest BCUT2D eigenvalue weighted by Crippen LogP contribution is 2.23. The Morgan fingerprint density at radius 3 is 2.43 bits per heavy atom. The predicted molar refractivity (Wildman–Crippen MR) is 104 cm³/mol. The van der Waals surface area contributed by atoms with Crippen LogP contribution in [0.4, 0.5) is 23.2 Å². The number of carbonyl (C=O) groups excluding carboxylic acids is 2. The highest BCUT2D eigenvalue weighted by molar-refractivity contribution is 5.97. The van der Waals surface area contributed by atoms with Crippen LogP contribution in [-0.4, -0.2) is 31.1 Å². The van der Waals surface area contributed by atoms with Crippen LogP contribution in [0.1, 0.15) is 33.5 Å². The molecule has 0 radical (unpaired) electrons. The molecule has 5 nitrogen and oxygen atoms in total. The molecule has 0 unspecified atom stereocenters. The Bertz CT molecular complexity index is 943. The van der Waals surface area contributed by atoms with Gasteiger partial charge in [-0.05, 0) is 50.1 Å². The van der Waals surface area contributed by atoms with E-state index in [1.54, 1.807) is 11.4 Å². The van der Waals surface area contributed by atoms with Crippen LogP contribution in [-0.2, 0) is 4.79 Å². The molecule has 162 valence electrons. The molecule has 0 aliphatic rings. The molecule has 0 fully saturated rings. The van der Waals surface area contributed by atoms with E-state index >= 15 is 0 Å². The Hall–Kier alpha value is -3.10. The van der Waals surface area contributed by atoms with Crippen molar-refractivity contribution in [2.45, 2.75) is 33.4 Å². The van der Waals surface area contributed by atoms with Crippen LogP contribution in [0.2, 0.25) is 0 Å². The number of benzene rings is 2. The summed E-state index contributed by atoms with van der Waals surface area (Å²) in [5, 5.41) is 4.13. The van der Waals surface area contributed by atoms with E-state index in [4.69, 9.17) is 4.74 Å². The van der Waals surface area contributed by atoms with Gasteiger partial charge in [0.15, 0.2) is 0 Å². The van der Waals surface area contributed by atoms with Gasteiger partial charge in [-0.1, -0.05) is 12.1 Å². The minimum atomic E-state index is -4.59. The van der Waals surface area contributed by atoms with Gasteiger partial charge >= 0.3 is 6.18 Å². The molecule has 0 aliphatic carbocycles. The quantitative estimate of drug-likeness (QED) is 0.643. The van der Waals surface area contributed by atoms with E-state index in [0.29, 0.717) is 5.75 Å². The summed E-state index contributed by atoms with van der Waals surface area (Å²) in [5.41, 5.74) is 1.73. The number of nitrogens with one attached hydrogen (secondary N) is 2. The van der Waals surface area contributed by atoms with Gasteiger partial charge < -0.3 is 15.4 Å². The molecular formula is C21H22F4N2O3. The number of hydrogen-bond acceptors (Lipinski definition) is 3. The van der Waals surface area contributed by atoms with E-state index in [2.05, 4.69) is 5.32 Å². The van der Waals surface area contributed by atoms with Gasteiger partial charge in [-0.2, -0.15) is 13.2 Å². The third-order valence-corrected chi connectivity index (χ3v) is 4.47. The molecule has 0 atom stereocenters. The zero-order valence-corrected chi connectivity index (χ0v) is 16.7. The van der Waals surface area contributed by atoms with E-state index in [1.807, 2.05) is 26.0 Å². The average molecular weight is 426 g/mol. The maximum absolute atomic E-state index is 14.1. The van der Waals surface area contributed by atoms with Gasteiger partial charge in [-0.25, -0.2) is 4.39 Å². The second-order valence-corrected chi connectivity index (χ2v) is 6.77. The third kappa shape index (κ3) is 6.47. The second-order valence-electron chi connectivity index (χ2n) is 6.77. The van der Waals surface area contributed by atoms with Crippen molar-refractivity contribution in [3.63, 3.8) is 0 Å². The first-order valence-corrected chi connectivity index (χ1v) is 9.12. The first-order valence-electron chi connectivity index (χ1n) is 9.12. The van der Waals surface area contributed by atoms with Gasteiger partial charge in [0.2, 0.25) is 5.91 Å². The predicted octanol–water partition coefficient (Wildman–Crippen LogP) is 4.45. The average Bonchev–Trinajstić information content (AvgIpc) is 2.66. The lowest BCUT2D eigenvalue weighted by Gasteiger charge is -2.14. The first-order chi connectivity index (χ1) is 14.0. The van der Waals surface area contributed by atoms with Crippen molar-refractivity contribution < 1.29 is 31.9 Å². The van der Waals surface area contributed by atoms with Gasteiger partial charge in [0.05, 0.1) is 13.0 Å². The Labute approximate surface area is 171 Å². The molecule has 0 saturated carbocycles. The highest BCUT2D eigenvalue weighted by Gasteiger charge is 2.28. The number of hydrogen-bond donors (Lipinski definition) is 2. The largest absolute Gasteiger partial charge is 0.493 e. The molecular weight excluding hydrogens is 404 g/mol. The third-order valence-electron chi connectivity index (χ3n) is 4.47. The van der Waals surface area contributed by atoms with E-state index < -0.39 is 30.4 Å². The standard InChI is InChI=1S/C21H22F4N2O3/c1-12-5-4-6-18(13(12)2)30-8-7-19(28)27-17-10-15(9-16(22)14(17)3)20(29)26-11-21(23,24)25/h4-6,9-10H,7-8,11H2,1-3H3,(H,26,29)(H,27,28). The molecule has 2 aromatic carbocycles. The van der Waals surface area contributed by atoms with Crippen molar-refractivity contribution in [3.8, 4) is 5.75 Å². The van der Waals surface area contributed by atoms with Crippen LogP contribution < -0.4 is 15.4 Å². The number of carbonyl (C=O) groups is 2. The SMILES string of the molecule is Cc1cccc(OCCC(=O)Nc2cc(C(=O)NCC(F)(F)F)cc(F)c2C)c1C. The van der Waals surface area contributed by atoms with Crippen molar-refractivity contribution in [1.82, 2.24) is 5.32 Å². The molecule has 30 heavy (non-hydrogen) atoms. The van der Waals surface area contributed by atoms with Crippen LogP contribution in [0.3, 0.4) is 0 Å². The minimum absolute atomic E-state index is 0.00361. The number of aryl methyl sites for hydroxylation is 1. The number of anilines is 1. The molecule has 0 spiro atoms. The van der Waals surface area contributed by atoms with Gasteiger partial charge in [-0.3, -0.25) is 9.59 Å². The van der Waals surface area contributed by atoms with Crippen molar-refractivity contribution in [3.05, 3.63) is 58.4 Å². The highest BCUT2D eigenvalue weighted by atomic mass is 19.4. The van der Waals surface area contributed by atoms with Crippen LogP contribution >= 0.6 is 0 Å². The van der Waals surface area contributed by atoms with E-state index in [0.717, 1.165) is 23.3 Å². The fourth-order valence-electron chi connectivity index (χ4n) is 2.57. The molecule has 0 aromatic heterocycles. The van der Waals surface area contributed by atoms with Gasteiger partial charge in [0.25, 0.3) is 5.91 Å². The number of alkyl halides is 3. The second kappa shape index (κ2) is 9.60. The number of amides is 2. The lowest BCUT2D eigenvalue weighted by atomic mass is 10.1. The van der Waals surface area contributed by atoms with Crippen molar-refractivity contribution in [2.75, 3.05) is 18.5 Å². The molecule has 0 aliphatic heterocycles. The normalized spacial score (nSPS) is 11.2. The van der Waals surface area contributed by atoms with Crippen LogP contribution in [0.25, 0.3) is 0 Å². The topological polar surface area (TPSA) is 67.4 Å². The van der Waals surface area contributed by atoms with Gasteiger partial charge in [-0.15, -0.1) is 0 Å². The fraction of sp³-hybridized carbons (Fsp3) is 0.333. The van der Waals surface area contributed by atoms with Crippen molar-refractivity contribution >= 4 is 17.5 Å². The van der Waals surface area contributed by atoms with Crippen LogP contribution in [0, 0.1) is 26.6 Å². The molecule has 9 heteroatoms. The maximum atomic E-state index is 14.1. The molecule has 0 heterocycles. The lowest BCUT2D eigenvalue weighted by molar-refractivity contribution is -0.123. The number of rotatable bonds is 7. The zero-order chi connectivity index (χ0) is 22.5. The first kappa shape index (κ1) is 23.2. The fourth-order valence-corrected chi connectivity index (χ4v) is 2.57. The summed E-state index contributed by atoms with van der Waals surface area (Å²) in [6.45, 7) is 3.74. The van der Waals surface area contributed by atoms with E-state index in [-0.39, 0.29) is 29.8 Å². The van der Waals surface area contributed by atoms with Crippen LogP contribution in [0.15, 0.2) is 30.3 Å². The molecule has 2 aromatic rings. The van der Waals surface area contributed by atoms with Gasteiger partial charge in [0.1, 0.15) is 18.1 Å². The summed E-state index contributed by atoms with van der Waals surface area (Å²) in [5.74, 6) is -1.76. The number of halogens is 4. The maximum Gasteiger partial charge on any atom is 0.405 e. The Kier molecular flexibility index (Phi) is 7.42. The summed E-state index contributed by atoms with van der Waals surface area (Å²) in [4.78, 5) is 24.1. The smallest absolute Gasteiger partial charge is 0.405 e. The Morgan fingerprint density at radius 2 is 1.77 bits per heavy atom. The molecule has 2 N–H and O–H groups in total. The Balaban J connectivity index is 2.01. The summed E-state index contributed by atoms with van der Waals surface area (Å²) in [6.07, 6.45) is -4.63. The summed E-state index contributed by atoms with van der Waals surface area (Å²) >= 11 is 0. The number of ether oxygens (including phenoxy) is 1. The molecule has 0 saturated heterocycles. The lowest BCUT2D eigenvalue weighted by Crippen LogP contribution is -2.33. The Morgan fingerprint density at radius 1 is 1.07 bits per heavy atom. The molecule has 2 rings (SSSR count). The van der Waals surface area contributed by atoms with Gasteiger partial charge in [0, 0.05) is 16.8 Å². The van der Waals surface area contributed by atoms with Crippen molar-refractivity contribution in [2.24, 2.45) is 0 Å². The summed E-state index contributed by atoms with van der Waals surface area (Å²) in [7, 11) is 0. The molecule has 2 amide bonds. The minimum Gasteiger partial charge on any atom is -0.493 e. The monoisotopic (exact) mass is 426 g/mol. The van der Waals surface area contributed by atoms with E-state index in [1.165, 1.54) is 6.92 Å². The summed E-state index contributed by atoms with van der Waals surface area (Å²) < 4.78 is 56.5. The van der Waals surface area contributed by atoms with E-state index in [9.17, 15) is 27.2 Å². The van der Waals surface area contributed by atoms with Crippen LogP contribution in [0.5, 0.6) is 5.75 Å².